The van der Waals surface area contributed by atoms with Crippen LogP contribution in [0.15, 0.2) is 0 Å². The van der Waals surface area contributed by atoms with Crippen molar-refractivity contribution < 1.29 is 9.53 Å². The maximum Gasteiger partial charge on any atom is 0.308 e. The van der Waals surface area contributed by atoms with E-state index in [0.29, 0.717) is 12.0 Å². The first-order valence-electron chi connectivity index (χ1n) is 8.27. The largest absolute Gasteiger partial charge is 0.465 e. The van der Waals surface area contributed by atoms with Crippen LogP contribution in [-0.2, 0) is 9.53 Å². The van der Waals surface area contributed by atoms with Gasteiger partial charge in [0.1, 0.15) is 0 Å². The van der Waals surface area contributed by atoms with Crippen LogP contribution in [0, 0.1) is 29.1 Å². The van der Waals surface area contributed by atoms with Gasteiger partial charge in [0, 0.05) is 5.41 Å². The topological polar surface area (TPSA) is 26.3 Å². The number of carbonyl (C=O) groups excluding carboxylic acids is 1. The van der Waals surface area contributed by atoms with Crippen LogP contribution >= 0.6 is 0 Å². The predicted octanol–water partition coefficient (Wildman–Crippen LogP) is 4.18. The van der Waals surface area contributed by atoms with Crippen LogP contribution in [0.4, 0.5) is 0 Å². The normalized spacial score (nSPS) is 36.8. The third kappa shape index (κ3) is 2.98. The summed E-state index contributed by atoms with van der Waals surface area (Å²) in [5, 5.41) is 0. The molecule has 3 rings (SSSR count). The van der Waals surface area contributed by atoms with Gasteiger partial charge in [0.15, 0.2) is 0 Å². The number of ether oxygens (including phenoxy) is 1. The summed E-state index contributed by atoms with van der Waals surface area (Å²) in [5.74, 6) is 2.86. The molecule has 3 aliphatic rings. The highest BCUT2D eigenvalue weighted by Crippen LogP contribution is 2.59. The molecule has 0 radical (unpaired) electrons. The first kappa shape index (κ1) is 13.5. The Morgan fingerprint density at radius 2 is 1.89 bits per heavy atom. The van der Waals surface area contributed by atoms with Gasteiger partial charge in [-0.15, -0.1) is 0 Å². The number of hydrogen-bond acceptors (Lipinski definition) is 2. The first-order chi connectivity index (χ1) is 9.10. The SMILES string of the molecule is C[C@H](C1CCCCC1)[C@@H]1C[C@@]1(C)COC(=O)C1CC1. The molecule has 3 fully saturated rings. The fourth-order valence-electron chi connectivity index (χ4n) is 4.09. The van der Waals surface area contributed by atoms with E-state index in [9.17, 15) is 4.79 Å². The van der Waals surface area contributed by atoms with E-state index in [1.165, 1.54) is 38.5 Å². The second-order valence-corrected chi connectivity index (χ2v) is 7.60. The van der Waals surface area contributed by atoms with Gasteiger partial charge < -0.3 is 4.74 Å². The summed E-state index contributed by atoms with van der Waals surface area (Å²) in [4.78, 5) is 11.6. The standard InChI is InChI=1S/C17H28O2/c1-12(13-6-4-3-5-7-13)15-10-17(15,2)11-19-16(18)14-8-9-14/h12-15H,3-11H2,1-2H3/t12-,15+,17+/m1/s1. The molecular weight excluding hydrogens is 236 g/mol. The second-order valence-electron chi connectivity index (χ2n) is 7.60. The van der Waals surface area contributed by atoms with Gasteiger partial charge in [0.2, 0.25) is 0 Å². The summed E-state index contributed by atoms with van der Waals surface area (Å²) in [6.45, 7) is 5.43. The molecule has 0 N–H and O–H groups in total. The van der Waals surface area contributed by atoms with Gasteiger partial charge in [0.25, 0.3) is 0 Å². The molecule has 0 aromatic carbocycles. The highest BCUT2D eigenvalue weighted by Gasteiger charge is 2.54. The molecule has 2 heteroatoms. The molecular formula is C17H28O2. The smallest absolute Gasteiger partial charge is 0.308 e. The van der Waals surface area contributed by atoms with Gasteiger partial charge in [-0.25, -0.2) is 0 Å². The van der Waals surface area contributed by atoms with Crippen molar-refractivity contribution in [3.63, 3.8) is 0 Å². The Balaban J connectivity index is 1.46. The van der Waals surface area contributed by atoms with Crippen LogP contribution in [0.5, 0.6) is 0 Å². The summed E-state index contributed by atoms with van der Waals surface area (Å²) in [6.07, 6.45) is 10.5. The summed E-state index contributed by atoms with van der Waals surface area (Å²) in [6, 6.07) is 0. The predicted molar refractivity (Wildman–Crippen MR) is 75.6 cm³/mol. The van der Waals surface area contributed by atoms with E-state index in [0.717, 1.165) is 30.6 Å². The van der Waals surface area contributed by atoms with Gasteiger partial charge in [-0.3, -0.25) is 4.79 Å². The number of carbonyl (C=O) groups is 1. The molecule has 0 bridgehead atoms. The van der Waals surface area contributed by atoms with E-state index in [1.54, 1.807) is 0 Å². The number of hydrogen-bond donors (Lipinski definition) is 0. The molecule has 2 nitrogen and oxygen atoms in total. The molecule has 0 aromatic heterocycles. The van der Waals surface area contributed by atoms with Gasteiger partial charge in [-0.05, 0) is 37.0 Å². The molecule has 19 heavy (non-hydrogen) atoms. The molecule has 0 amide bonds. The van der Waals surface area contributed by atoms with Crippen molar-refractivity contribution in [1.29, 1.82) is 0 Å². The quantitative estimate of drug-likeness (QED) is 0.696. The minimum Gasteiger partial charge on any atom is -0.465 e. The lowest BCUT2D eigenvalue weighted by atomic mass is 9.77. The average molecular weight is 264 g/mol. The molecule has 0 saturated heterocycles. The van der Waals surface area contributed by atoms with Gasteiger partial charge in [-0.2, -0.15) is 0 Å². The maximum atomic E-state index is 11.6. The molecule has 0 aliphatic heterocycles. The molecule has 3 aliphatic carbocycles. The number of rotatable bonds is 5. The summed E-state index contributed by atoms with van der Waals surface area (Å²) in [5.41, 5.74) is 0.293. The Bertz CT molecular complexity index is 341. The van der Waals surface area contributed by atoms with E-state index < -0.39 is 0 Å². The van der Waals surface area contributed by atoms with Gasteiger partial charge >= 0.3 is 5.97 Å². The van der Waals surface area contributed by atoms with E-state index in [4.69, 9.17) is 4.74 Å². The van der Waals surface area contributed by atoms with Crippen LogP contribution in [0.2, 0.25) is 0 Å². The average Bonchev–Trinajstić information content (AvgIpc) is 3.32. The Kier molecular flexibility index (Phi) is 3.61. The monoisotopic (exact) mass is 264 g/mol. The van der Waals surface area contributed by atoms with Gasteiger partial charge in [0.05, 0.1) is 12.5 Å². The Morgan fingerprint density at radius 3 is 2.53 bits per heavy atom. The van der Waals surface area contributed by atoms with Crippen LogP contribution in [0.25, 0.3) is 0 Å². The first-order valence-corrected chi connectivity index (χ1v) is 8.27. The Hall–Kier alpha value is -0.530. The summed E-state index contributed by atoms with van der Waals surface area (Å²) < 4.78 is 5.52. The third-order valence-corrected chi connectivity index (χ3v) is 5.90. The van der Waals surface area contributed by atoms with Crippen molar-refractivity contribution in [3.8, 4) is 0 Å². The van der Waals surface area contributed by atoms with Crippen LogP contribution in [0.1, 0.15) is 65.2 Å². The van der Waals surface area contributed by atoms with E-state index in [-0.39, 0.29) is 11.9 Å². The lowest BCUT2D eigenvalue weighted by Crippen LogP contribution is -2.22. The fourth-order valence-corrected chi connectivity index (χ4v) is 4.09. The summed E-state index contributed by atoms with van der Waals surface area (Å²) >= 11 is 0. The van der Waals surface area contributed by atoms with Crippen molar-refractivity contribution in [2.45, 2.75) is 65.2 Å². The zero-order valence-electron chi connectivity index (χ0n) is 12.5. The van der Waals surface area contributed by atoms with Crippen molar-refractivity contribution in [1.82, 2.24) is 0 Å². The van der Waals surface area contributed by atoms with Crippen molar-refractivity contribution in [2.75, 3.05) is 6.61 Å². The van der Waals surface area contributed by atoms with Crippen LogP contribution in [0.3, 0.4) is 0 Å². The molecule has 0 aromatic rings. The molecule has 0 spiro atoms. The van der Waals surface area contributed by atoms with E-state index >= 15 is 0 Å². The zero-order chi connectivity index (χ0) is 13.5. The Morgan fingerprint density at radius 1 is 1.21 bits per heavy atom. The molecule has 0 unspecified atom stereocenters. The lowest BCUT2D eigenvalue weighted by Gasteiger charge is -2.29. The molecule has 0 heterocycles. The van der Waals surface area contributed by atoms with Gasteiger partial charge in [-0.1, -0.05) is 46.0 Å². The highest BCUT2D eigenvalue weighted by atomic mass is 16.5. The zero-order valence-corrected chi connectivity index (χ0v) is 12.5. The molecule has 3 atom stereocenters. The van der Waals surface area contributed by atoms with E-state index in [1.807, 2.05) is 0 Å². The van der Waals surface area contributed by atoms with Crippen molar-refractivity contribution >= 4 is 5.97 Å². The maximum absolute atomic E-state index is 11.6. The summed E-state index contributed by atoms with van der Waals surface area (Å²) in [7, 11) is 0. The van der Waals surface area contributed by atoms with Crippen LogP contribution in [-0.4, -0.2) is 12.6 Å². The third-order valence-electron chi connectivity index (χ3n) is 5.90. The van der Waals surface area contributed by atoms with Crippen molar-refractivity contribution in [3.05, 3.63) is 0 Å². The Labute approximate surface area is 117 Å². The fraction of sp³-hybridized carbons (Fsp3) is 0.941. The van der Waals surface area contributed by atoms with Crippen LogP contribution < -0.4 is 0 Å². The highest BCUT2D eigenvalue weighted by molar-refractivity contribution is 5.74. The van der Waals surface area contributed by atoms with E-state index in [2.05, 4.69) is 13.8 Å². The molecule has 3 saturated carbocycles. The lowest BCUT2D eigenvalue weighted by molar-refractivity contribution is -0.147. The minimum absolute atomic E-state index is 0.0668. The van der Waals surface area contributed by atoms with Crippen molar-refractivity contribution in [2.24, 2.45) is 29.1 Å². The second kappa shape index (κ2) is 5.10. The molecule has 108 valence electrons. The minimum atomic E-state index is 0.0668. The number of esters is 1.